The van der Waals surface area contributed by atoms with Crippen molar-refractivity contribution in [3.8, 4) is 0 Å². The van der Waals surface area contributed by atoms with E-state index in [1.165, 1.54) is 0 Å². The first-order valence-corrected chi connectivity index (χ1v) is 5.35. The molecule has 0 radical (unpaired) electrons. The zero-order valence-electron chi connectivity index (χ0n) is 9.09. The molecule has 0 bridgehead atoms. The number of rotatable bonds is 3. The number of fused-ring (bicyclic) bond motifs is 1. The summed E-state index contributed by atoms with van der Waals surface area (Å²) >= 11 is 0. The normalized spacial score (nSPS) is 10.6. The fourth-order valence-corrected chi connectivity index (χ4v) is 1.61. The Morgan fingerprint density at radius 1 is 1.12 bits per heavy atom. The Kier molecular flexibility index (Phi) is 2.42. The second-order valence-corrected chi connectivity index (χ2v) is 3.70. The molecule has 2 heterocycles. The van der Waals surface area contributed by atoms with Crippen LogP contribution < -0.4 is 5.32 Å². The molecule has 2 aromatic heterocycles. The lowest BCUT2D eigenvalue weighted by Gasteiger charge is -2.04. The Morgan fingerprint density at radius 3 is 2.82 bits per heavy atom. The molecule has 0 atom stereocenters. The standard InChI is InChI=1S/C12H11N5/c1-2-4-11-10(3-1)13-8-12(17-11)14-5-9-6-15-16-7-9/h1-4,6-8H,5H2,(H,14,17)(H,15,16). The Hall–Kier alpha value is -2.43. The zero-order chi connectivity index (χ0) is 11.5. The molecule has 0 aliphatic carbocycles. The van der Waals surface area contributed by atoms with Crippen LogP contribution in [0.4, 0.5) is 5.82 Å². The molecule has 0 fully saturated rings. The Balaban J connectivity index is 1.81. The highest BCUT2D eigenvalue weighted by Gasteiger charge is 1.99. The van der Waals surface area contributed by atoms with E-state index in [4.69, 9.17) is 0 Å². The van der Waals surface area contributed by atoms with Crippen LogP contribution >= 0.6 is 0 Å². The second-order valence-electron chi connectivity index (χ2n) is 3.70. The number of nitrogens with one attached hydrogen (secondary N) is 2. The maximum absolute atomic E-state index is 4.47. The van der Waals surface area contributed by atoms with Crippen molar-refractivity contribution in [3.63, 3.8) is 0 Å². The van der Waals surface area contributed by atoms with Gasteiger partial charge in [0.25, 0.3) is 0 Å². The molecule has 5 heteroatoms. The molecule has 84 valence electrons. The minimum atomic E-state index is 0.684. The van der Waals surface area contributed by atoms with Gasteiger partial charge in [0.2, 0.25) is 0 Å². The molecular weight excluding hydrogens is 214 g/mol. The first-order valence-electron chi connectivity index (χ1n) is 5.35. The zero-order valence-corrected chi connectivity index (χ0v) is 9.09. The minimum absolute atomic E-state index is 0.684. The van der Waals surface area contributed by atoms with Gasteiger partial charge in [-0.15, -0.1) is 0 Å². The van der Waals surface area contributed by atoms with Crippen LogP contribution in [0.5, 0.6) is 0 Å². The van der Waals surface area contributed by atoms with Gasteiger partial charge in [-0.05, 0) is 12.1 Å². The highest BCUT2D eigenvalue weighted by molar-refractivity contribution is 5.75. The fourth-order valence-electron chi connectivity index (χ4n) is 1.61. The summed E-state index contributed by atoms with van der Waals surface area (Å²) in [4.78, 5) is 8.80. The lowest BCUT2D eigenvalue weighted by atomic mass is 10.3. The quantitative estimate of drug-likeness (QED) is 0.715. The van der Waals surface area contributed by atoms with Gasteiger partial charge in [0.1, 0.15) is 5.82 Å². The maximum atomic E-state index is 4.47. The van der Waals surface area contributed by atoms with Gasteiger partial charge < -0.3 is 5.32 Å². The van der Waals surface area contributed by atoms with E-state index in [0.29, 0.717) is 6.54 Å². The van der Waals surface area contributed by atoms with Crippen molar-refractivity contribution in [2.75, 3.05) is 5.32 Å². The molecule has 3 aromatic rings. The fraction of sp³-hybridized carbons (Fsp3) is 0.0833. The number of benzene rings is 1. The van der Waals surface area contributed by atoms with Crippen molar-refractivity contribution in [3.05, 3.63) is 48.4 Å². The molecule has 3 rings (SSSR count). The third kappa shape index (κ3) is 2.08. The van der Waals surface area contributed by atoms with E-state index in [9.17, 15) is 0 Å². The van der Waals surface area contributed by atoms with Crippen LogP contribution in [0, 0.1) is 0 Å². The van der Waals surface area contributed by atoms with Gasteiger partial charge in [-0.2, -0.15) is 5.10 Å². The van der Waals surface area contributed by atoms with Crippen LogP contribution in [0.1, 0.15) is 5.56 Å². The van der Waals surface area contributed by atoms with E-state index >= 15 is 0 Å². The Morgan fingerprint density at radius 2 is 2.00 bits per heavy atom. The van der Waals surface area contributed by atoms with E-state index in [1.54, 1.807) is 12.4 Å². The topological polar surface area (TPSA) is 66.5 Å². The molecule has 2 N–H and O–H groups in total. The van der Waals surface area contributed by atoms with Crippen LogP contribution in [0.25, 0.3) is 11.0 Å². The number of para-hydroxylation sites is 2. The molecule has 0 aliphatic heterocycles. The molecule has 0 spiro atoms. The predicted molar refractivity (Wildman–Crippen MR) is 65.5 cm³/mol. The monoisotopic (exact) mass is 225 g/mol. The van der Waals surface area contributed by atoms with Crippen molar-refractivity contribution in [1.82, 2.24) is 20.2 Å². The Bertz CT molecular complexity index is 618. The molecular formula is C12H11N5. The van der Waals surface area contributed by atoms with Gasteiger partial charge in [-0.1, -0.05) is 12.1 Å². The lowest BCUT2D eigenvalue weighted by Crippen LogP contribution is -2.01. The number of aromatic amines is 1. The largest absolute Gasteiger partial charge is 0.365 e. The van der Waals surface area contributed by atoms with E-state index in [-0.39, 0.29) is 0 Å². The van der Waals surface area contributed by atoms with Crippen LogP contribution in [0.3, 0.4) is 0 Å². The summed E-state index contributed by atoms with van der Waals surface area (Å²) in [6.07, 6.45) is 5.37. The molecule has 0 amide bonds. The van der Waals surface area contributed by atoms with Gasteiger partial charge >= 0.3 is 0 Å². The third-order valence-electron chi connectivity index (χ3n) is 2.48. The molecule has 0 aliphatic rings. The Labute approximate surface area is 97.9 Å². The molecule has 17 heavy (non-hydrogen) atoms. The second kappa shape index (κ2) is 4.21. The van der Waals surface area contributed by atoms with Gasteiger partial charge in [0, 0.05) is 18.3 Å². The number of H-pyrrole nitrogens is 1. The molecule has 0 saturated heterocycles. The number of hydrogen-bond acceptors (Lipinski definition) is 4. The number of nitrogens with zero attached hydrogens (tertiary/aromatic N) is 3. The summed E-state index contributed by atoms with van der Waals surface area (Å²) in [6, 6.07) is 7.81. The van der Waals surface area contributed by atoms with Crippen molar-refractivity contribution < 1.29 is 0 Å². The molecule has 5 nitrogen and oxygen atoms in total. The highest BCUT2D eigenvalue weighted by atomic mass is 15.1. The van der Waals surface area contributed by atoms with Crippen LogP contribution in [-0.2, 0) is 6.54 Å². The first-order chi connectivity index (χ1) is 8.42. The summed E-state index contributed by atoms with van der Waals surface area (Å²) < 4.78 is 0. The van der Waals surface area contributed by atoms with E-state index in [1.807, 2.05) is 30.5 Å². The number of aromatic nitrogens is 4. The lowest BCUT2D eigenvalue weighted by molar-refractivity contribution is 1.09. The van der Waals surface area contributed by atoms with E-state index in [0.717, 1.165) is 22.4 Å². The number of hydrogen-bond donors (Lipinski definition) is 2. The van der Waals surface area contributed by atoms with Gasteiger partial charge in [0.05, 0.1) is 23.4 Å². The predicted octanol–water partition coefficient (Wildman–Crippen LogP) is 1.96. The van der Waals surface area contributed by atoms with Crippen molar-refractivity contribution in [2.45, 2.75) is 6.54 Å². The van der Waals surface area contributed by atoms with E-state index < -0.39 is 0 Å². The average Bonchev–Trinajstić information content (AvgIpc) is 2.89. The first kappa shape index (κ1) is 9.77. The summed E-state index contributed by atoms with van der Waals surface area (Å²) in [7, 11) is 0. The van der Waals surface area contributed by atoms with Crippen molar-refractivity contribution in [2.24, 2.45) is 0 Å². The van der Waals surface area contributed by atoms with Crippen molar-refractivity contribution in [1.29, 1.82) is 0 Å². The van der Waals surface area contributed by atoms with Crippen LogP contribution in [-0.4, -0.2) is 20.2 Å². The van der Waals surface area contributed by atoms with E-state index in [2.05, 4.69) is 25.5 Å². The summed E-state index contributed by atoms with van der Waals surface area (Å²) in [5.41, 5.74) is 2.88. The molecule has 0 unspecified atom stereocenters. The number of anilines is 1. The SMILES string of the molecule is c1ccc2nc(NCc3cn[nH]c3)cnc2c1. The smallest absolute Gasteiger partial charge is 0.145 e. The van der Waals surface area contributed by atoms with Gasteiger partial charge in [-0.3, -0.25) is 10.1 Å². The van der Waals surface area contributed by atoms with Crippen LogP contribution in [0.15, 0.2) is 42.9 Å². The van der Waals surface area contributed by atoms with Crippen molar-refractivity contribution >= 4 is 16.9 Å². The summed E-state index contributed by atoms with van der Waals surface area (Å²) in [6.45, 7) is 0.684. The average molecular weight is 225 g/mol. The summed E-state index contributed by atoms with van der Waals surface area (Å²) in [5, 5.41) is 9.86. The molecule has 0 saturated carbocycles. The van der Waals surface area contributed by atoms with Crippen LogP contribution in [0.2, 0.25) is 0 Å². The minimum Gasteiger partial charge on any atom is -0.365 e. The maximum Gasteiger partial charge on any atom is 0.145 e. The van der Waals surface area contributed by atoms with Gasteiger partial charge in [0.15, 0.2) is 0 Å². The highest BCUT2D eigenvalue weighted by Crippen LogP contribution is 2.11. The molecule has 1 aromatic carbocycles. The third-order valence-corrected chi connectivity index (χ3v) is 2.48. The van der Waals surface area contributed by atoms with Gasteiger partial charge in [-0.25, -0.2) is 4.98 Å². The summed E-state index contributed by atoms with van der Waals surface area (Å²) in [5.74, 6) is 0.768.